The average molecular weight is 230 g/mol. The van der Waals surface area contributed by atoms with Crippen LogP contribution in [0.15, 0.2) is 10.4 Å². The number of ether oxygens (including phenoxy) is 1. The Labute approximate surface area is 91.9 Å². The summed E-state index contributed by atoms with van der Waals surface area (Å²) in [5, 5.41) is 0. The Bertz CT molecular complexity index is 274. The minimum Gasteiger partial charge on any atom is -0.466 e. The molecule has 0 saturated carbocycles. The summed E-state index contributed by atoms with van der Waals surface area (Å²) in [6, 6.07) is 0. The fraction of sp³-hybridized carbons (Fsp3) is 0.556. The number of hydrogen-bond donors (Lipinski definition) is 0. The van der Waals surface area contributed by atoms with Gasteiger partial charge in [0.2, 0.25) is 0 Å². The van der Waals surface area contributed by atoms with E-state index in [1.807, 2.05) is 13.8 Å². The average Bonchev–Trinajstić information content (AvgIpc) is 2.67. The normalized spacial score (nSPS) is 12.4. The van der Waals surface area contributed by atoms with E-state index in [1.165, 1.54) is 11.3 Å². The predicted octanol–water partition coefficient (Wildman–Crippen LogP) is 2.23. The van der Waals surface area contributed by atoms with Gasteiger partial charge in [0.25, 0.3) is 0 Å². The summed E-state index contributed by atoms with van der Waals surface area (Å²) in [4.78, 5) is 15.1. The Morgan fingerprint density at radius 3 is 3.21 bits per heavy atom. The highest BCUT2D eigenvalue weighted by Gasteiger charge is 2.14. The molecule has 3 nitrogen and oxygen atoms in total. The van der Waals surface area contributed by atoms with Gasteiger partial charge >= 0.3 is 5.97 Å². The summed E-state index contributed by atoms with van der Waals surface area (Å²) in [5.41, 5.74) is 2.76. The molecule has 1 aromatic rings. The number of thioether (sulfide) groups is 1. The van der Waals surface area contributed by atoms with E-state index in [0.29, 0.717) is 6.61 Å². The lowest BCUT2D eigenvalue weighted by molar-refractivity contribution is -0.146. The van der Waals surface area contributed by atoms with Crippen LogP contribution in [0, 0.1) is 11.4 Å². The predicted molar refractivity (Wildman–Crippen MR) is 57.5 cm³/mol. The van der Waals surface area contributed by atoms with Crippen LogP contribution in [-0.4, -0.2) is 23.3 Å². The van der Waals surface area contributed by atoms with Gasteiger partial charge in [0.05, 0.1) is 22.9 Å². The molecule has 0 aliphatic rings. The quantitative estimate of drug-likeness (QED) is 0.574. The van der Waals surface area contributed by atoms with Crippen LogP contribution in [0.2, 0.25) is 0 Å². The fourth-order valence-electron chi connectivity index (χ4n) is 0.803. The Morgan fingerprint density at radius 2 is 2.64 bits per heavy atom. The Hall–Kier alpha value is -0.550. The van der Waals surface area contributed by atoms with E-state index in [-0.39, 0.29) is 11.9 Å². The van der Waals surface area contributed by atoms with Crippen LogP contribution >= 0.6 is 23.1 Å². The molecular formula is C9H12NO2S2. The molecule has 77 valence electrons. The smallest absolute Gasteiger partial charge is 0.309 e. The van der Waals surface area contributed by atoms with Crippen molar-refractivity contribution in [2.24, 2.45) is 5.92 Å². The van der Waals surface area contributed by atoms with Crippen LogP contribution in [0.25, 0.3) is 0 Å². The van der Waals surface area contributed by atoms with Gasteiger partial charge in [0.1, 0.15) is 0 Å². The second-order valence-corrected chi connectivity index (χ2v) is 4.88. The van der Waals surface area contributed by atoms with Gasteiger partial charge in [-0.3, -0.25) is 4.79 Å². The third kappa shape index (κ3) is 3.67. The van der Waals surface area contributed by atoms with Crippen molar-refractivity contribution in [3.8, 4) is 0 Å². The maximum absolute atomic E-state index is 11.2. The van der Waals surface area contributed by atoms with Crippen LogP contribution in [-0.2, 0) is 9.53 Å². The highest BCUT2D eigenvalue weighted by molar-refractivity contribution is 8.01. The first-order chi connectivity index (χ1) is 6.74. The zero-order valence-corrected chi connectivity index (χ0v) is 9.78. The lowest BCUT2D eigenvalue weighted by atomic mass is 10.2. The zero-order chi connectivity index (χ0) is 10.4. The molecule has 0 saturated heterocycles. The Balaban J connectivity index is 2.27. The van der Waals surface area contributed by atoms with Crippen molar-refractivity contribution in [2.75, 3.05) is 12.4 Å². The van der Waals surface area contributed by atoms with E-state index < -0.39 is 0 Å². The molecule has 1 unspecified atom stereocenters. The maximum atomic E-state index is 11.2. The number of rotatable bonds is 5. The number of aromatic nitrogens is 1. The lowest BCUT2D eigenvalue weighted by Gasteiger charge is -2.08. The van der Waals surface area contributed by atoms with Crippen molar-refractivity contribution in [1.82, 2.24) is 4.98 Å². The first kappa shape index (κ1) is 11.5. The van der Waals surface area contributed by atoms with Gasteiger partial charge in [-0.15, -0.1) is 23.1 Å². The number of esters is 1. The van der Waals surface area contributed by atoms with E-state index >= 15 is 0 Å². The van der Waals surface area contributed by atoms with Crippen molar-refractivity contribution >= 4 is 29.1 Å². The summed E-state index contributed by atoms with van der Waals surface area (Å²) < 4.78 is 5.99. The Kier molecular flexibility index (Phi) is 4.97. The molecule has 1 atom stereocenters. The number of hydrogen-bond acceptors (Lipinski definition) is 5. The van der Waals surface area contributed by atoms with Gasteiger partial charge in [0.15, 0.2) is 5.51 Å². The summed E-state index contributed by atoms with van der Waals surface area (Å²) in [6.45, 7) is 4.13. The first-order valence-corrected chi connectivity index (χ1v) is 6.15. The van der Waals surface area contributed by atoms with Crippen molar-refractivity contribution < 1.29 is 9.53 Å². The summed E-state index contributed by atoms with van der Waals surface area (Å²) in [5.74, 6) is 0.532. The molecule has 0 fully saturated rings. The molecular weight excluding hydrogens is 218 g/mol. The second-order valence-electron chi connectivity index (χ2n) is 2.73. The monoisotopic (exact) mass is 230 g/mol. The van der Waals surface area contributed by atoms with E-state index in [0.717, 1.165) is 9.96 Å². The molecule has 14 heavy (non-hydrogen) atoms. The molecule has 1 aromatic heterocycles. The molecule has 5 heteroatoms. The van der Waals surface area contributed by atoms with Crippen LogP contribution in [0.3, 0.4) is 0 Å². The highest BCUT2D eigenvalue weighted by atomic mass is 32.2. The van der Waals surface area contributed by atoms with E-state index in [2.05, 4.69) is 10.5 Å². The van der Waals surface area contributed by atoms with Crippen molar-refractivity contribution in [1.29, 1.82) is 0 Å². The maximum Gasteiger partial charge on any atom is 0.309 e. The minimum atomic E-state index is -0.131. The summed E-state index contributed by atoms with van der Waals surface area (Å²) in [7, 11) is 0. The largest absolute Gasteiger partial charge is 0.466 e. The molecule has 0 aromatic carbocycles. The lowest BCUT2D eigenvalue weighted by Crippen LogP contribution is -2.16. The first-order valence-electron chi connectivity index (χ1n) is 4.35. The third-order valence-electron chi connectivity index (χ3n) is 1.53. The summed E-state index contributed by atoms with van der Waals surface area (Å²) in [6.07, 6.45) is 1.76. The molecule has 1 rings (SSSR count). The van der Waals surface area contributed by atoms with Crippen LogP contribution in [0.5, 0.6) is 0 Å². The van der Waals surface area contributed by atoms with Gasteiger partial charge in [-0.2, -0.15) is 0 Å². The number of nitrogens with zero attached hydrogens (tertiary/aromatic N) is 1. The standard InChI is InChI=1S/C9H12NO2S2/c1-3-12-9(11)7(2)5-13-8-4-10-6-14-8/h4,7H,3,5H2,1-2H3. The van der Waals surface area contributed by atoms with Crippen LogP contribution in [0.4, 0.5) is 0 Å². The minimum absolute atomic E-state index is 0.0675. The Morgan fingerprint density at radius 1 is 1.86 bits per heavy atom. The van der Waals surface area contributed by atoms with E-state index in [4.69, 9.17) is 4.74 Å². The van der Waals surface area contributed by atoms with Crippen LogP contribution < -0.4 is 0 Å². The van der Waals surface area contributed by atoms with Crippen molar-refractivity contribution in [3.05, 3.63) is 11.7 Å². The van der Waals surface area contributed by atoms with Crippen molar-refractivity contribution in [3.63, 3.8) is 0 Å². The second kappa shape index (κ2) is 6.03. The molecule has 1 heterocycles. The van der Waals surface area contributed by atoms with Crippen molar-refractivity contribution in [2.45, 2.75) is 18.1 Å². The van der Waals surface area contributed by atoms with Gasteiger partial charge in [-0.1, -0.05) is 6.92 Å². The van der Waals surface area contributed by atoms with Gasteiger partial charge in [0, 0.05) is 5.75 Å². The number of thiazole rings is 1. The number of carbonyl (C=O) groups excluding carboxylic acids is 1. The van der Waals surface area contributed by atoms with Gasteiger partial charge < -0.3 is 4.74 Å². The molecule has 0 spiro atoms. The molecule has 0 bridgehead atoms. The highest BCUT2D eigenvalue weighted by Crippen LogP contribution is 2.23. The SMILES string of the molecule is CCOC(=O)C(C)CSc1cn[c]s1. The molecule has 1 radical (unpaired) electrons. The van der Waals surface area contributed by atoms with E-state index in [1.54, 1.807) is 18.0 Å². The zero-order valence-electron chi connectivity index (χ0n) is 8.15. The molecule has 0 aliphatic carbocycles. The summed E-state index contributed by atoms with van der Waals surface area (Å²) >= 11 is 3.08. The molecule has 0 aliphatic heterocycles. The van der Waals surface area contributed by atoms with Gasteiger partial charge in [-0.25, -0.2) is 4.98 Å². The molecule has 0 amide bonds. The molecule has 0 N–H and O–H groups in total. The van der Waals surface area contributed by atoms with Crippen LogP contribution in [0.1, 0.15) is 13.8 Å². The van der Waals surface area contributed by atoms with E-state index in [9.17, 15) is 4.79 Å². The fourth-order valence-corrected chi connectivity index (χ4v) is 2.33. The number of carbonyl (C=O) groups is 1. The third-order valence-corrected chi connectivity index (χ3v) is 3.70. The topological polar surface area (TPSA) is 39.2 Å². The van der Waals surface area contributed by atoms with Gasteiger partial charge in [-0.05, 0) is 6.92 Å².